The van der Waals surface area contributed by atoms with Crippen LogP contribution in [-0.4, -0.2) is 37.2 Å². The molecule has 0 heterocycles. The van der Waals surface area contributed by atoms with Gasteiger partial charge in [-0.15, -0.1) is 0 Å². The predicted octanol–water partition coefficient (Wildman–Crippen LogP) is 2.04. The zero-order valence-corrected chi connectivity index (χ0v) is 16.8. The maximum atomic E-state index is 12.3. The number of benzene rings is 1. The van der Waals surface area contributed by atoms with Gasteiger partial charge in [-0.25, -0.2) is 17.9 Å². The molecule has 1 fully saturated rings. The zero-order valence-electron chi connectivity index (χ0n) is 16.0. The summed E-state index contributed by atoms with van der Waals surface area (Å²) in [7, 11) is -3.82. The summed E-state index contributed by atoms with van der Waals surface area (Å²) in [5, 5.41) is 11.8. The van der Waals surface area contributed by atoms with E-state index in [-0.39, 0.29) is 6.04 Å². The van der Waals surface area contributed by atoms with E-state index < -0.39 is 33.7 Å². The van der Waals surface area contributed by atoms with Crippen LogP contribution in [0, 0.1) is 19.8 Å². The molecule has 0 bridgehead atoms. The van der Waals surface area contributed by atoms with Crippen LogP contribution in [0.4, 0.5) is 0 Å². The molecule has 0 saturated heterocycles. The van der Waals surface area contributed by atoms with Gasteiger partial charge in [0.1, 0.15) is 5.75 Å². The molecular weight excluding hydrogens is 368 g/mol. The van der Waals surface area contributed by atoms with Gasteiger partial charge in [0.05, 0.1) is 0 Å². The summed E-state index contributed by atoms with van der Waals surface area (Å²) in [4.78, 5) is 23.9. The molecule has 8 heteroatoms. The smallest absolute Gasteiger partial charge is 0.330 e. The van der Waals surface area contributed by atoms with Gasteiger partial charge in [0.15, 0.2) is 6.04 Å². The van der Waals surface area contributed by atoms with Crippen LogP contribution in [0.1, 0.15) is 55.3 Å². The number of carboxylic acid groups (broad SMARTS) is 1. The molecule has 150 valence electrons. The second kappa shape index (κ2) is 8.84. The van der Waals surface area contributed by atoms with E-state index in [1.807, 2.05) is 13.0 Å². The van der Waals surface area contributed by atoms with E-state index in [0.29, 0.717) is 11.5 Å². The largest absolute Gasteiger partial charge is 0.479 e. The zero-order chi connectivity index (χ0) is 20.2. The fourth-order valence-electron chi connectivity index (χ4n) is 3.41. The minimum Gasteiger partial charge on any atom is -0.479 e. The number of amides is 1. The summed E-state index contributed by atoms with van der Waals surface area (Å²) in [6.45, 7) is 5.76. The van der Waals surface area contributed by atoms with Crippen LogP contribution >= 0.6 is 0 Å². The van der Waals surface area contributed by atoms with E-state index in [9.17, 15) is 23.1 Å². The third kappa shape index (κ3) is 6.04. The van der Waals surface area contributed by atoms with E-state index in [4.69, 9.17) is 0 Å². The molecule has 1 amide bonds. The average molecular weight is 397 g/mol. The van der Waals surface area contributed by atoms with Gasteiger partial charge in [-0.1, -0.05) is 25.1 Å². The highest BCUT2D eigenvalue weighted by molar-refractivity contribution is 7.90. The van der Waals surface area contributed by atoms with Crippen molar-refractivity contribution in [1.82, 2.24) is 10.0 Å². The molecule has 1 aliphatic carbocycles. The monoisotopic (exact) mass is 396 g/mol. The van der Waals surface area contributed by atoms with E-state index in [2.05, 4.69) is 17.0 Å². The molecule has 1 atom stereocenters. The van der Waals surface area contributed by atoms with Crippen LogP contribution in [-0.2, 0) is 19.6 Å². The number of hydrogen-bond acceptors (Lipinski definition) is 4. The van der Waals surface area contributed by atoms with Gasteiger partial charge in [-0.2, -0.15) is 0 Å². The molecule has 1 aromatic carbocycles. The first-order valence-corrected chi connectivity index (χ1v) is 10.8. The lowest BCUT2D eigenvalue weighted by molar-refractivity contribution is -0.141. The lowest BCUT2D eigenvalue weighted by atomic mass is 9.88. The van der Waals surface area contributed by atoms with Crippen molar-refractivity contribution < 1.29 is 23.1 Å². The van der Waals surface area contributed by atoms with Crippen molar-refractivity contribution in [3.63, 3.8) is 0 Å². The topological polar surface area (TPSA) is 113 Å². The van der Waals surface area contributed by atoms with Crippen molar-refractivity contribution in [2.75, 3.05) is 5.75 Å². The molecule has 2 rings (SSSR count). The molecule has 1 aromatic rings. The summed E-state index contributed by atoms with van der Waals surface area (Å²) in [5.74, 6) is -2.26. The molecule has 1 aliphatic rings. The number of hydrogen-bond donors (Lipinski definition) is 3. The SMILES string of the molecule is Cc1cccc(C(NC(=O)CS(=O)(=O)NC2CCC(C)CC2)C(=O)O)c1C. The summed E-state index contributed by atoms with van der Waals surface area (Å²) < 4.78 is 27.1. The maximum absolute atomic E-state index is 12.3. The Morgan fingerprint density at radius 1 is 1.19 bits per heavy atom. The van der Waals surface area contributed by atoms with Crippen LogP contribution in [0.2, 0.25) is 0 Å². The molecule has 0 aromatic heterocycles. The van der Waals surface area contributed by atoms with E-state index >= 15 is 0 Å². The Bertz CT molecular complexity index is 798. The number of carbonyl (C=O) groups is 2. The lowest BCUT2D eigenvalue weighted by Gasteiger charge is -2.26. The summed E-state index contributed by atoms with van der Waals surface area (Å²) in [5.41, 5.74) is 2.10. The highest BCUT2D eigenvalue weighted by Crippen LogP contribution is 2.24. The highest BCUT2D eigenvalue weighted by atomic mass is 32.2. The maximum Gasteiger partial charge on any atom is 0.330 e. The van der Waals surface area contributed by atoms with Gasteiger partial charge in [-0.05, 0) is 62.1 Å². The second-order valence-corrected chi connectivity index (χ2v) is 9.22. The van der Waals surface area contributed by atoms with Crippen LogP contribution in [0.25, 0.3) is 0 Å². The van der Waals surface area contributed by atoms with Gasteiger partial charge in [0.25, 0.3) is 0 Å². The van der Waals surface area contributed by atoms with Gasteiger partial charge in [-0.3, -0.25) is 4.79 Å². The minimum atomic E-state index is -3.82. The van der Waals surface area contributed by atoms with Crippen LogP contribution in [0.5, 0.6) is 0 Å². The first kappa shape index (κ1) is 21.4. The van der Waals surface area contributed by atoms with E-state index in [0.717, 1.165) is 36.8 Å². The summed E-state index contributed by atoms with van der Waals surface area (Å²) in [6.07, 6.45) is 3.41. The number of aryl methyl sites for hydroxylation is 1. The van der Waals surface area contributed by atoms with Crippen molar-refractivity contribution in [3.05, 3.63) is 34.9 Å². The first-order chi connectivity index (χ1) is 12.6. The van der Waals surface area contributed by atoms with Crippen molar-refractivity contribution in [2.45, 2.75) is 58.5 Å². The number of carboxylic acids is 1. The van der Waals surface area contributed by atoms with Crippen LogP contribution < -0.4 is 10.0 Å². The van der Waals surface area contributed by atoms with Crippen LogP contribution in [0.15, 0.2) is 18.2 Å². The Hall–Kier alpha value is -1.93. The van der Waals surface area contributed by atoms with Gasteiger partial charge < -0.3 is 10.4 Å². The van der Waals surface area contributed by atoms with Crippen molar-refractivity contribution in [3.8, 4) is 0 Å². The molecule has 27 heavy (non-hydrogen) atoms. The standard InChI is InChI=1S/C19H28N2O5S/c1-12-7-9-15(10-8-12)21-27(25,26)11-17(22)20-18(19(23)24)16-6-4-5-13(2)14(16)3/h4-6,12,15,18,21H,7-11H2,1-3H3,(H,20,22)(H,23,24). The molecule has 1 saturated carbocycles. The Morgan fingerprint density at radius 2 is 1.81 bits per heavy atom. The molecule has 3 N–H and O–H groups in total. The third-order valence-corrected chi connectivity index (χ3v) is 6.53. The average Bonchev–Trinajstić information content (AvgIpc) is 2.57. The summed E-state index contributed by atoms with van der Waals surface area (Å²) in [6, 6.07) is 3.73. The molecule has 0 aliphatic heterocycles. The van der Waals surface area contributed by atoms with Gasteiger partial charge in [0.2, 0.25) is 15.9 Å². The Balaban J connectivity index is 2.03. The van der Waals surface area contributed by atoms with Crippen LogP contribution in [0.3, 0.4) is 0 Å². The van der Waals surface area contributed by atoms with Crippen molar-refractivity contribution in [1.29, 1.82) is 0 Å². The van der Waals surface area contributed by atoms with E-state index in [1.165, 1.54) is 0 Å². The lowest BCUT2D eigenvalue weighted by Crippen LogP contribution is -2.44. The van der Waals surface area contributed by atoms with Gasteiger partial charge in [0, 0.05) is 6.04 Å². The van der Waals surface area contributed by atoms with Crippen molar-refractivity contribution >= 4 is 21.9 Å². The number of rotatable bonds is 7. The normalized spacial score (nSPS) is 21.4. The number of aliphatic carboxylic acids is 1. The fraction of sp³-hybridized carbons (Fsp3) is 0.579. The number of carbonyl (C=O) groups excluding carboxylic acids is 1. The fourth-order valence-corrected chi connectivity index (χ4v) is 4.66. The third-order valence-electron chi connectivity index (χ3n) is 5.19. The molecule has 7 nitrogen and oxygen atoms in total. The molecule has 1 unspecified atom stereocenters. The molecule has 0 spiro atoms. The number of sulfonamides is 1. The van der Waals surface area contributed by atoms with Crippen molar-refractivity contribution in [2.24, 2.45) is 5.92 Å². The molecular formula is C19H28N2O5S. The predicted molar refractivity (Wildman–Crippen MR) is 103 cm³/mol. The first-order valence-electron chi connectivity index (χ1n) is 9.17. The number of nitrogens with one attached hydrogen (secondary N) is 2. The Morgan fingerprint density at radius 3 is 2.41 bits per heavy atom. The second-order valence-electron chi connectivity index (χ2n) is 7.46. The minimum absolute atomic E-state index is 0.159. The summed E-state index contributed by atoms with van der Waals surface area (Å²) >= 11 is 0. The van der Waals surface area contributed by atoms with E-state index in [1.54, 1.807) is 19.1 Å². The Labute approximate surface area is 160 Å². The Kier molecular flexibility index (Phi) is 7.00. The van der Waals surface area contributed by atoms with Gasteiger partial charge >= 0.3 is 5.97 Å². The molecule has 0 radical (unpaired) electrons. The highest BCUT2D eigenvalue weighted by Gasteiger charge is 2.28. The quantitative estimate of drug-likeness (QED) is 0.653.